The van der Waals surface area contributed by atoms with Gasteiger partial charge in [0.2, 0.25) is 13.4 Å². The van der Waals surface area contributed by atoms with E-state index in [-0.39, 0.29) is 13.4 Å². The van der Waals surface area contributed by atoms with Crippen molar-refractivity contribution in [3.63, 3.8) is 0 Å². The number of rotatable bonds is 6. The Labute approximate surface area is 445 Å². The fraction of sp³-hybridized carbons (Fsp3) is 0. The standard InChI is InChI=1S/C40H28BN.C32H22BN/c1-3-15-30(16-4-1)34-20-13-21-35(31-17-5-2-6-18-31)40(34)41-36-22-9-11-24-38(36)42(39-25-12-10-23-37(39)41)33-27-26-29-14-7-8-19-32(29)28-33;1-2-12-25-22-26(21-20-23(25)10-1)34-31-18-7-5-15-29(31)33(30-16-6-8-19-32(30)34)28-17-9-13-24-11-3-4-14-27(24)28/h1-28H;1-22H. The number of benzene rings is 13. The fourth-order valence-corrected chi connectivity index (χ4v) is 12.3. The van der Waals surface area contributed by atoms with E-state index in [1.165, 1.54) is 121 Å². The highest BCUT2D eigenvalue weighted by molar-refractivity contribution is 7.00. The number of hydrogen-bond donors (Lipinski definition) is 0. The van der Waals surface area contributed by atoms with Crippen LogP contribution in [0.4, 0.5) is 34.1 Å². The third-order valence-electron chi connectivity index (χ3n) is 15.6. The van der Waals surface area contributed by atoms with Crippen molar-refractivity contribution in [1.29, 1.82) is 0 Å². The van der Waals surface area contributed by atoms with E-state index in [1.807, 2.05) is 0 Å². The van der Waals surface area contributed by atoms with Gasteiger partial charge in [-0.3, -0.25) is 0 Å². The minimum Gasteiger partial charge on any atom is -0.312 e. The van der Waals surface area contributed by atoms with Crippen LogP contribution in [0.3, 0.4) is 0 Å². The molecule has 0 saturated heterocycles. The van der Waals surface area contributed by atoms with E-state index in [0.29, 0.717) is 0 Å². The van der Waals surface area contributed by atoms with Crippen LogP contribution in [-0.2, 0) is 0 Å². The van der Waals surface area contributed by atoms with E-state index >= 15 is 0 Å². The van der Waals surface area contributed by atoms with Gasteiger partial charge in [-0.25, -0.2) is 0 Å². The van der Waals surface area contributed by atoms with Gasteiger partial charge >= 0.3 is 0 Å². The Morgan fingerprint density at radius 2 is 0.566 bits per heavy atom. The third-order valence-corrected chi connectivity index (χ3v) is 15.6. The lowest BCUT2D eigenvalue weighted by Gasteiger charge is -2.38. The smallest absolute Gasteiger partial charge is 0.248 e. The van der Waals surface area contributed by atoms with Crippen molar-refractivity contribution >= 4 is 113 Å². The molecule has 15 rings (SSSR count). The summed E-state index contributed by atoms with van der Waals surface area (Å²) in [5, 5.41) is 7.62. The molecule has 0 unspecified atom stereocenters. The van der Waals surface area contributed by atoms with Gasteiger partial charge in [0.25, 0.3) is 0 Å². The van der Waals surface area contributed by atoms with Gasteiger partial charge in [0.15, 0.2) is 0 Å². The zero-order valence-electron chi connectivity index (χ0n) is 41.9. The number of anilines is 6. The van der Waals surface area contributed by atoms with Crippen LogP contribution in [0.5, 0.6) is 0 Å². The van der Waals surface area contributed by atoms with Crippen LogP contribution < -0.4 is 42.6 Å². The fourth-order valence-electron chi connectivity index (χ4n) is 12.3. The van der Waals surface area contributed by atoms with Crippen molar-refractivity contribution in [3.05, 3.63) is 303 Å². The van der Waals surface area contributed by atoms with Crippen molar-refractivity contribution in [1.82, 2.24) is 0 Å². The predicted molar refractivity (Wildman–Crippen MR) is 328 cm³/mol. The predicted octanol–water partition coefficient (Wildman–Crippen LogP) is 14.8. The summed E-state index contributed by atoms with van der Waals surface area (Å²) in [4.78, 5) is 4.87. The Bertz CT molecular complexity index is 4130. The SMILES string of the molecule is c1ccc(-c2cccc(-c3ccccc3)c2B2c3ccccc3N(c3ccc4ccccc4c3)c3ccccc32)cc1.c1ccc2c(c1)B(c1cccc3ccccc13)c1ccccc1N2c1ccc2ccccc2c1. The second-order valence-corrected chi connectivity index (χ2v) is 19.9. The van der Waals surface area contributed by atoms with Gasteiger partial charge in [0, 0.05) is 34.1 Å². The molecular weight excluding hydrogens is 914 g/mol. The highest BCUT2D eigenvalue weighted by atomic mass is 15.2. The first kappa shape index (κ1) is 45.0. The molecule has 354 valence electrons. The average Bonchev–Trinajstić information content (AvgIpc) is 3.54. The van der Waals surface area contributed by atoms with E-state index in [2.05, 4.69) is 313 Å². The summed E-state index contributed by atoms with van der Waals surface area (Å²) in [6.45, 7) is 0.232. The second kappa shape index (κ2) is 19.3. The Morgan fingerprint density at radius 3 is 1.04 bits per heavy atom. The maximum atomic E-state index is 2.45. The minimum atomic E-state index is 0.0562. The molecule has 2 nitrogen and oxygen atoms in total. The van der Waals surface area contributed by atoms with Crippen LogP contribution in [0.15, 0.2) is 303 Å². The van der Waals surface area contributed by atoms with Crippen molar-refractivity contribution < 1.29 is 0 Å². The number of nitrogens with zero attached hydrogens (tertiary/aromatic N) is 2. The molecule has 0 atom stereocenters. The van der Waals surface area contributed by atoms with Gasteiger partial charge < -0.3 is 9.80 Å². The third kappa shape index (κ3) is 7.86. The quantitative estimate of drug-likeness (QED) is 0.153. The zero-order chi connectivity index (χ0) is 50.4. The average molecular weight is 965 g/mol. The Morgan fingerprint density at radius 1 is 0.224 bits per heavy atom. The molecule has 0 spiro atoms. The summed E-state index contributed by atoms with van der Waals surface area (Å²) in [5.74, 6) is 0. The molecule has 13 aromatic carbocycles. The number of para-hydroxylation sites is 4. The highest BCUT2D eigenvalue weighted by Gasteiger charge is 2.38. The minimum absolute atomic E-state index is 0.0562. The van der Waals surface area contributed by atoms with Crippen LogP contribution in [0.25, 0.3) is 54.6 Å². The molecule has 0 aliphatic carbocycles. The first-order valence-electron chi connectivity index (χ1n) is 26.4. The van der Waals surface area contributed by atoms with Crippen LogP contribution in [0.1, 0.15) is 0 Å². The first-order valence-corrected chi connectivity index (χ1v) is 26.4. The molecule has 0 bridgehead atoms. The van der Waals surface area contributed by atoms with Crippen molar-refractivity contribution in [2.24, 2.45) is 0 Å². The van der Waals surface area contributed by atoms with Gasteiger partial charge in [-0.05, 0) is 125 Å². The molecule has 0 saturated carbocycles. The maximum Gasteiger partial charge on any atom is 0.248 e. The lowest BCUT2D eigenvalue weighted by molar-refractivity contribution is 1.30. The maximum absolute atomic E-state index is 2.45. The Balaban J connectivity index is 0.000000142. The van der Waals surface area contributed by atoms with E-state index in [1.54, 1.807) is 0 Å². The lowest BCUT2D eigenvalue weighted by Crippen LogP contribution is -2.58. The summed E-state index contributed by atoms with van der Waals surface area (Å²) >= 11 is 0. The monoisotopic (exact) mass is 964 g/mol. The molecule has 0 fully saturated rings. The first-order chi connectivity index (χ1) is 37.7. The molecule has 2 aliphatic rings. The van der Waals surface area contributed by atoms with Crippen LogP contribution >= 0.6 is 0 Å². The molecule has 2 aliphatic heterocycles. The van der Waals surface area contributed by atoms with E-state index < -0.39 is 0 Å². The number of hydrogen-bond acceptors (Lipinski definition) is 2. The van der Waals surface area contributed by atoms with Gasteiger partial charge in [-0.2, -0.15) is 0 Å². The van der Waals surface area contributed by atoms with Crippen LogP contribution in [0, 0.1) is 0 Å². The molecule has 0 aromatic heterocycles. The summed E-state index contributed by atoms with van der Waals surface area (Å²) in [6.07, 6.45) is 0. The zero-order valence-corrected chi connectivity index (χ0v) is 41.9. The lowest BCUT2D eigenvalue weighted by atomic mass is 9.33. The van der Waals surface area contributed by atoms with Crippen molar-refractivity contribution in [3.8, 4) is 22.3 Å². The summed E-state index contributed by atoms with van der Waals surface area (Å²) in [5.41, 5.74) is 20.3. The van der Waals surface area contributed by atoms with E-state index in [0.717, 1.165) is 0 Å². The second-order valence-electron chi connectivity index (χ2n) is 19.9. The molecule has 0 amide bonds. The topological polar surface area (TPSA) is 6.48 Å². The van der Waals surface area contributed by atoms with Gasteiger partial charge in [-0.15, -0.1) is 0 Å². The summed E-state index contributed by atoms with van der Waals surface area (Å²) < 4.78 is 0. The molecule has 2 heterocycles. The normalized spacial score (nSPS) is 12.4. The number of fused-ring (bicyclic) bond motifs is 7. The molecular formula is C72H50B2N2. The molecule has 4 heteroatoms. The Hall–Kier alpha value is -9.63. The van der Waals surface area contributed by atoms with Crippen molar-refractivity contribution in [2.45, 2.75) is 0 Å². The highest BCUT2D eigenvalue weighted by Crippen LogP contribution is 2.40. The van der Waals surface area contributed by atoms with Crippen molar-refractivity contribution in [2.75, 3.05) is 9.80 Å². The molecule has 0 N–H and O–H groups in total. The largest absolute Gasteiger partial charge is 0.312 e. The van der Waals surface area contributed by atoms with Gasteiger partial charge in [0.05, 0.1) is 0 Å². The summed E-state index contributed by atoms with van der Waals surface area (Å²) in [7, 11) is 0. The van der Waals surface area contributed by atoms with Gasteiger partial charge in [0.1, 0.15) is 0 Å². The van der Waals surface area contributed by atoms with Crippen LogP contribution in [-0.4, -0.2) is 13.4 Å². The van der Waals surface area contributed by atoms with E-state index in [4.69, 9.17) is 0 Å². The molecule has 13 aromatic rings. The van der Waals surface area contributed by atoms with Gasteiger partial charge in [-0.1, -0.05) is 266 Å². The van der Waals surface area contributed by atoms with Crippen LogP contribution in [0.2, 0.25) is 0 Å². The summed E-state index contributed by atoms with van der Waals surface area (Å²) in [6, 6.07) is 110. The molecule has 76 heavy (non-hydrogen) atoms. The van der Waals surface area contributed by atoms with E-state index in [9.17, 15) is 0 Å². The Kier molecular flexibility index (Phi) is 11.5. The molecule has 0 radical (unpaired) electrons.